The van der Waals surface area contributed by atoms with Gasteiger partial charge >= 0.3 is 0 Å². The van der Waals surface area contributed by atoms with Gasteiger partial charge in [-0.05, 0) is 37.1 Å². The summed E-state index contributed by atoms with van der Waals surface area (Å²) in [6.07, 6.45) is 6.76. The molecule has 1 aliphatic rings. The van der Waals surface area contributed by atoms with Gasteiger partial charge in [0.25, 0.3) is 11.5 Å². The number of rotatable bonds is 7. The molecule has 37 heavy (non-hydrogen) atoms. The van der Waals surface area contributed by atoms with Crippen molar-refractivity contribution < 1.29 is 9.53 Å². The first-order valence-electron chi connectivity index (χ1n) is 11.9. The molecule has 5 heterocycles. The Bertz CT molecular complexity index is 1650. The highest BCUT2D eigenvalue weighted by Crippen LogP contribution is 2.25. The molecule has 1 amide bonds. The molecule has 0 unspecified atom stereocenters. The van der Waals surface area contributed by atoms with Crippen LogP contribution in [0.4, 0.5) is 17.3 Å². The summed E-state index contributed by atoms with van der Waals surface area (Å²) in [5.74, 6) is 1.21. The topological polar surface area (TPSA) is 132 Å². The zero-order valence-electron chi connectivity index (χ0n) is 20.3. The zero-order valence-corrected chi connectivity index (χ0v) is 20.3. The molecule has 3 N–H and O–H groups in total. The highest BCUT2D eigenvalue weighted by atomic mass is 16.5. The van der Waals surface area contributed by atoms with Crippen molar-refractivity contribution in [3.05, 3.63) is 77.0 Å². The minimum atomic E-state index is -0.291. The molecule has 12 heteroatoms. The summed E-state index contributed by atoms with van der Waals surface area (Å²) in [5, 5.41) is 18.0. The van der Waals surface area contributed by atoms with E-state index in [0.717, 1.165) is 18.4 Å². The average Bonchev–Trinajstić information content (AvgIpc) is 3.52. The summed E-state index contributed by atoms with van der Waals surface area (Å²) >= 11 is 0. The van der Waals surface area contributed by atoms with E-state index in [-0.39, 0.29) is 23.6 Å². The van der Waals surface area contributed by atoms with Crippen molar-refractivity contribution in [3.63, 3.8) is 0 Å². The Morgan fingerprint density at radius 1 is 1.14 bits per heavy atom. The molecule has 188 valence electrons. The first-order chi connectivity index (χ1) is 18.1. The van der Waals surface area contributed by atoms with Gasteiger partial charge in [-0.15, -0.1) is 5.10 Å². The largest absolute Gasteiger partial charge is 0.379 e. The van der Waals surface area contributed by atoms with Crippen molar-refractivity contribution in [3.8, 4) is 5.82 Å². The summed E-state index contributed by atoms with van der Waals surface area (Å²) in [6, 6.07) is 12.6. The van der Waals surface area contributed by atoms with Crippen LogP contribution in [0.5, 0.6) is 0 Å². The SMILES string of the molecule is CNc1cc(Nc2cccn(-c3cc4ccccn4n3)c2=O)nc2c(C(=O)N[C@@H]3CC[C@H]3OC)cnn12. The third kappa shape index (κ3) is 3.96. The van der Waals surface area contributed by atoms with Gasteiger partial charge in [-0.2, -0.15) is 9.61 Å². The number of nitrogens with one attached hydrogen (secondary N) is 3. The van der Waals surface area contributed by atoms with E-state index in [4.69, 9.17) is 4.74 Å². The quantitative estimate of drug-likeness (QED) is 0.311. The lowest BCUT2D eigenvalue weighted by Gasteiger charge is -2.35. The Labute approximate surface area is 210 Å². The van der Waals surface area contributed by atoms with Gasteiger partial charge in [0.15, 0.2) is 11.5 Å². The molecule has 0 bridgehead atoms. The van der Waals surface area contributed by atoms with Crippen LogP contribution in [0, 0.1) is 0 Å². The predicted octanol–water partition coefficient (Wildman–Crippen LogP) is 2.22. The van der Waals surface area contributed by atoms with Crippen molar-refractivity contribution >= 4 is 34.4 Å². The molecular weight excluding hydrogens is 474 g/mol. The molecule has 5 aromatic rings. The van der Waals surface area contributed by atoms with E-state index >= 15 is 0 Å². The number of ether oxygens (including phenoxy) is 1. The van der Waals surface area contributed by atoms with E-state index in [2.05, 4.69) is 31.1 Å². The number of carbonyl (C=O) groups excluding carboxylic acids is 1. The van der Waals surface area contributed by atoms with Gasteiger partial charge in [0.1, 0.15) is 22.9 Å². The van der Waals surface area contributed by atoms with Gasteiger partial charge in [0.2, 0.25) is 0 Å². The molecule has 5 aromatic heterocycles. The van der Waals surface area contributed by atoms with Crippen LogP contribution >= 0.6 is 0 Å². The first kappa shape index (κ1) is 22.7. The summed E-state index contributed by atoms with van der Waals surface area (Å²) in [5.41, 5.74) is 1.58. The fraction of sp³-hybridized carbons (Fsp3) is 0.240. The average molecular weight is 500 g/mol. The third-order valence-corrected chi connectivity index (χ3v) is 6.62. The Hall–Kier alpha value is -4.71. The van der Waals surface area contributed by atoms with E-state index in [9.17, 15) is 9.59 Å². The zero-order chi connectivity index (χ0) is 25.5. The number of carbonyl (C=O) groups is 1. The van der Waals surface area contributed by atoms with Crippen LogP contribution in [-0.2, 0) is 4.74 Å². The van der Waals surface area contributed by atoms with Crippen LogP contribution < -0.4 is 21.5 Å². The number of fused-ring (bicyclic) bond motifs is 2. The molecular formula is C25H25N9O3. The molecule has 2 atom stereocenters. The second kappa shape index (κ2) is 9.06. The molecule has 6 rings (SSSR count). The van der Waals surface area contributed by atoms with Gasteiger partial charge in [0, 0.05) is 38.7 Å². The monoisotopic (exact) mass is 499 g/mol. The molecule has 1 fully saturated rings. The number of nitrogens with zero attached hydrogens (tertiary/aromatic N) is 6. The minimum Gasteiger partial charge on any atom is -0.379 e. The predicted molar refractivity (Wildman–Crippen MR) is 138 cm³/mol. The van der Waals surface area contributed by atoms with Crippen LogP contribution in [-0.4, -0.2) is 61.0 Å². The van der Waals surface area contributed by atoms with E-state index < -0.39 is 0 Å². The molecule has 12 nitrogen and oxygen atoms in total. The summed E-state index contributed by atoms with van der Waals surface area (Å²) < 4.78 is 10.1. The van der Waals surface area contributed by atoms with Crippen molar-refractivity contribution in [1.82, 2.24) is 34.1 Å². The molecule has 0 aliphatic heterocycles. The Morgan fingerprint density at radius 3 is 2.78 bits per heavy atom. The lowest BCUT2D eigenvalue weighted by Crippen LogP contribution is -2.51. The van der Waals surface area contributed by atoms with Crippen molar-refractivity contribution in [1.29, 1.82) is 0 Å². The van der Waals surface area contributed by atoms with Gasteiger partial charge in [0.05, 0.1) is 23.9 Å². The van der Waals surface area contributed by atoms with Crippen LogP contribution in [0.15, 0.2) is 65.8 Å². The Balaban J connectivity index is 1.34. The number of pyridine rings is 2. The first-order valence-corrected chi connectivity index (χ1v) is 11.9. The lowest BCUT2D eigenvalue weighted by molar-refractivity contribution is 0.00732. The van der Waals surface area contributed by atoms with Crippen molar-refractivity contribution in [2.24, 2.45) is 0 Å². The summed E-state index contributed by atoms with van der Waals surface area (Å²) in [7, 11) is 3.39. The number of methoxy groups -OCH3 is 1. The molecule has 0 saturated heterocycles. The smallest absolute Gasteiger partial charge is 0.280 e. The molecule has 0 spiro atoms. The molecule has 1 aliphatic carbocycles. The Morgan fingerprint density at radius 2 is 2.03 bits per heavy atom. The lowest BCUT2D eigenvalue weighted by atomic mass is 9.89. The molecule has 0 aromatic carbocycles. The van der Waals surface area contributed by atoms with E-state index in [0.29, 0.717) is 34.4 Å². The normalized spacial score (nSPS) is 17.0. The number of amides is 1. The maximum Gasteiger partial charge on any atom is 0.280 e. The van der Waals surface area contributed by atoms with Crippen LogP contribution in [0.3, 0.4) is 0 Å². The van der Waals surface area contributed by atoms with Gasteiger partial charge < -0.3 is 20.7 Å². The number of anilines is 3. The minimum absolute atomic E-state index is 0.0111. The fourth-order valence-electron chi connectivity index (χ4n) is 4.48. The van der Waals surface area contributed by atoms with Crippen molar-refractivity contribution in [2.75, 3.05) is 24.8 Å². The Kier molecular flexibility index (Phi) is 5.57. The standard InChI is InChI=1S/C25H25N9O3/c1-26-21-13-20(30-23-16(14-27-34(21)23)24(35)29-17-8-9-19(17)37-2)28-18-7-5-10-32(25(18)36)22-12-15-6-3-4-11-33(15)31-22/h3-7,10-14,17,19,26H,8-9H2,1-2H3,(H,28,30)(H,29,35)/t17-,19-/m1/s1. The summed E-state index contributed by atoms with van der Waals surface area (Å²) in [6.45, 7) is 0. The van der Waals surface area contributed by atoms with Crippen LogP contribution in [0.1, 0.15) is 23.2 Å². The second-order valence-electron chi connectivity index (χ2n) is 8.80. The van der Waals surface area contributed by atoms with Crippen LogP contribution in [0.2, 0.25) is 0 Å². The van der Waals surface area contributed by atoms with Gasteiger partial charge in [-0.3, -0.25) is 14.2 Å². The van der Waals surface area contributed by atoms with E-state index in [1.165, 1.54) is 10.8 Å². The maximum atomic E-state index is 13.3. The number of aromatic nitrogens is 6. The fourth-order valence-corrected chi connectivity index (χ4v) is 4.48. The van der Waals surface area contributed by atoms with Gasteiger partial charge in [-0.1, -0.05) is 6.07 Å². The van der Waals surface area contributed by atoms with E-state index in [1.54, 1.807) is 47.6 Å². The highest BCUT2D eigenvalue weighted by Gasteiger charge is 2.33. The third-order valence-electron chi connectivity index (χ3n) is 6.62. The van der Waals surface area contributed by atoms with Crippen LogP contribution in [0.25, 0.3) is 17.0 Å². The molecule has 0 radical (unpaired) electrons. The van der Waals surface area contributed by atoms with E-state index in [1.807, 2.05) is 30.5 Å². The molecule has 1 saturated carbocycles. The highest BCUT2D eigenvalue weighted by molar-refractivity contribution is 6.00. The van der Waals surface area contributed by atoms with Crippen molar-refractivity contribution in [2.45, 2.75) is 25.0 Å². The summed E-state index contributed by atoms with van der Waals surface area (Å²) in [4.78, 5) is 31.0. The number of hydrogen-bond acceptors (Lipinski definition) is 8. The maximum absolute atomic E-state index is 13.3. The second-order valence-corrected chi connectivity index (χ2v) is 8.80. The van der Waals surface area contributed by atoms with Gasteiger partial charge in [-0.25, -0.2) is 9.50 Å². The number of hydrogen-bond donors (Lipinski definition) is 3.